The zero-order chi connectivity index (χ0) is 20.3. The molecule has 0 N–H and O–H groups in total. The van der Waals surface area contributed by atoms with E-state index in [1.54, 1.807) is 0 Å². The molecule has 2 aromatic carbocycles. The SMILES string of the molecule is Clc1cccc(N2CCN([C@H]3CCCN(Cc4ccc5c(c4)OCCO5)C3)CC2)c1. The smallest absolute Gasteiger partial charge is 0.161 e. The van der Waals surface area contributed by atoms with Crippen LogP contribution in [-0.2, 0) is 6.54 Å². The van der Waals surface area contributed by atoms with Gasteiger partial charge >= 0.3 is 0 Å². The number of nitrogens with zero attached hydrogens (tertiary/aromatic N) is 3. The van der Waals surface area contributed by atoms with Gasteiger partial charge in [0.05, 0.1) is 0 Å². The summed E-state index contributed by atoms with van der Waals surface area (Å²) in [5.74, 6) is 1.77. The van der Waals surface area contributed by atoms with Gasteiger partial charge in [0.15, 0.2) is 11.5 Å². The largest absolute Gasteiger partial charge is 0.486 e. The van der Waals surface area contributed by atoms with Crippen molar-refractivity contribution in [1.29, 1.82) is 0 Å². The van der Waals surface area contributed by atoms with Crippen LogP contribution < -0.4 is 14.4 Å². The number of piperazine rings is 1. The third-order valence-electron chi connectivity index (χ3n) is 6.50. The number of rotatable bonds is 4. The predicted octanol–water partition coefficient (Wildman–Crippen LogP) is 3.90. The molecule has 2 fully saturated rings. The van der Waals surface area contributed by atoms with Gasteiger partial charge in [-0.2, -0.15) is 0 Å². The van der Waals surface area contributed by atoms with Crippen LogP contribution in [0.5, 0.6) is 11.5 Å². The van der Waals surface area contributed by atoms with Crippen molar-refractivity contribution in [3.8, 4) is 11.5 Å². The molecule has 1 atom stereocenters. The van der Waals surface area contributed by atoms with E-state index in [1.165, 1.54) is 30.6 Å². The van der Waals surface area contributed by atoms with Crippen LogP contribution in [0, 0.1) is 0 Å². The first-order chi connectivity index (χ1) is 14.7. The molecule has 0 aromatic heterocycles. The van der Waals surface area contributed by atoms with Crippen LogP contribution in [0.15, 0.2) is 42.5 Å². The van der Waals surface area contributed by atoms with Gasteiger partial charge in [-0.25, -0.2) is 0 Å². The van der Waals surface area contributed by atoms with Gasteiger partial charge in [0, 0.05) is 56.0 Å². The van der Waals surface area contributed by atoms with E-state index in [-0.39, 0.29) is 0 Å². The highest BCUT2D eigenvalue weighted by Gasteiger charge is 2.28. The lowest BCUT2D eigenvalue weighted by Gasteiger charge is -2.44. The fourth-order valence-electron chi connectivity index (χ4n) is 4.94. The molecule has 160 valence electrons. The summed E-state index contributed by atoms with van der Waals surface area (Å²) in [5.41, 5.74) is 2.55. The second-order valence-corrected chi connectivity index (χ2v) is 8.95. The Morgan fingerprint density at radius 1 is 0.900 bits per heavy atom. The predicted molar refractivity (Wildman–Crippen MR) is 121 cm³/mol. The Morgan fingerprint density at radius 3 is 2.57 bits per heavy atom. The first-order valence-electron chi connectivity index (χ1n) is 11.1. The fraction of sp³-hybridized carbons (Fsp3) is 0.500. The summed E-state index contributed by atoms with van der Waals surface area (Å²) in [6.45, 7) is 8.96. The summed E-state index contributed by atoms with van der Waals surface area (Å²) in [5, 5.41) is 0.817. The number of anilines is 1. The van der Waals surface area contributed by atoms with Crippen molar-refractivity contribution in [2.45, 2.75) is 25.4 Å². The standard InChI is InChI=1S/C24H30ClN3O2/c25-20-3-1-4-21(16-20)27-9-11-28(12-10-27)22-5-2-8-26(18-22)17-19-6-7-23-24(15-19)30-14-13-29-23/h1,3-4,6-7,15-16,22H,2,5,8-14,17-18H2/t22-/m0/s1. The fourth-order valence-corrected chi connectivity index (χ4v) is 5.12. The Bertz CT molecular complexity index is 869. The van der Waals surface area contributed by atoms with Crippen molar-refractivity contribution >= 4 is 17.3 Å². The third-order valence-corrected chi connectivity index (χ3v) is 6.73. The monoisotopic (exact) mass is 427 g/mol. The average molecular weight is 428 g/mol. The average Bonchev–Trinajstić information content (AvgIpc) is 2.79. The quantitative estimate of drug-likeness (QED) is 0.738. The molecule has 5 nitrogen and oxygen atoms in total. The Labute approximate surface area is 184 Å². The van der Waals surface area contributed by atoms with Gasteiger partial charge in [-0.3, -0.25) is 9.80 Å². The number of benzene rings is 2. The van der Waals surface area contributed by atoms with Crippen LogP contribution in [0.2, 0.25) is 5.02 Å². The van der Waals surface area contributed by atoms with Crippen LogP contribution in [0.4, 0.5) is 5.69 Å². The summed E-state index contributed by atoms with van der Waals surface area (Å²) in [7, 11) is 0. The molecule has 30 heavy (non-hydrogen) atoms. The van der Waals surface area contributed by atoms with Crippen LogP contribution >= 0.6 is 11.6 Å². The molecule has 0 aliphatic carbocycles. The van der Waals surface area contributed by atoms with Crippen LogP contribution in [0.25, 0.3) is 0 Å². The Morgan fingerprint density at radius 2 is 1.73 bits per heavy atom. The molecule has 0 amide bonds. The topological polar surface area (TPSA) is 28.2 Å². The highest BCUT2D eigenvalue weighted by atomic mass is 35.5. The third kappa shape index (κ3) is 4.53. The zero-order valence-electron chi connectivity index (χ0n) is 17.4. The van der Waals surface area contributed by atoms with Gasteiger partial charge < -0.3 is 14.4 Å². The molecule has 0 spiro atoms. The van der Waals surface area contributed by atoms with E-state index in [4.69, 9.17) is 21.1 Å². The van der Waals surface area contributed by atoms with Crippen LogP contribution in [0.3, 0.4) is 0 Å². The van der Waals surface area contributed by atoms with Gasteiger partial charge in [-0.05, 0) is 55.3 Å². The van der Waals surface area contributed by atoms with Gasteiger partial charge in [-0.1, -0.05) is 23.7 Å². The minimum atomic E-state index is 0.642. The number of halogens is 1. The molecule has 5 rings (SSSR count). The molecule has 0 bridgehead atoms. The molecule has 0 saturated carbocycles. The molecule has 2 aromatic rings. The van der Waals surface area contributed by atoms with Crippen molar-refractivity contribution in [3.05, 3.63) is 53.1 Å². The molecule has 3 aliphatic heterocycles. The van der Waals surface area contributed by atoms with Crippen LogP contribution in [-0.4, -0.2) is 68.3 Å². The highest BCUT2D eigenvalue weighted by molar-refractivity contribution is 6.30. The Hall–Kier alpha value is -1.95. The molecular formula is C24H30ClN3O2. The van der Waals surface area contributed by atoms with E-state index in [1.807, 2.05) is 12.1 Å². The first kappa shape index (κ1) is 20.0. The van der Waals surface area contributed by atoms with Crippen molar-refractivity contribution in [3.63, 3.8) is 0 Å². The number of hydrogen-bond donors (Lipinski definition) is 0. The van der Waals surface area contributed by atoms with E-state index >= 15 is 0 Å². The minimum Gasteiger partial charge on any atom is -0.486 e. The first-order valence-corrected chi connectivity index (χ1v) is 11.5. The van der Waals surface area contributed by atoms with Crippen molar-refractivity contribution < 1.29 is 9.47 Å². The molecule has 0 unspecified atom stereocenters. The highest BCUT2D eigenvalue weighted by Crippen LogP contribution is 2.31. The molecule has 2 saturated heterocycles. The van der Waals surface area contributed by atoms with Crippen molar-refractivity contribution in [2.75, 3.05) is 57.4 Å². The normalized spacial score (nSPS) is 22.8. The lowest BCUT2D eigenvalue weighted by molar-refractivity contribution is 0.0886. The van der Waals surface area contributed by atoms with Crippen LogP contribution in [0.1, 0.15) is 18.4 Å². The maximum Gasteiger partial charge on any atom is 0.161 e. The van der Waals surface area contributed by atoms with E-state index in [0.717, 1.165) is 55.8 Å². The van der Waals surface area contributed by atoms with Gasteiger partial charge in [0.1, 0.15) is 13.2 Å². The summed E-state index contributed by atoms with van der Waals surface area (Å²) in [6, 6.07) is 15.3. The maximum absolute atomic E-state index is 6.18. The molecule has 6 heteroatoms. The van der Waals surface area contributed by atoms with E-state index < -0.39 is 0 Å². The van der Waals surface area contributed by atoms with Gasteiger partial charge in [0.25, 0.3) is 0 Å². The summed E-state index contributed by atoms with van der Waals surface area (Å²) >= 11 is 6.18. The molecule has 3 heterocycles. The molecule has 0 radical (unpaired) electrons. The summed E-state index contributed by atoms with van der Waals surface area (Å²) < 4.78 is 11.4. The Kier molecular flexibility index (Phi) is 6.02. The van der Waals surface area contributed by atoms with Crippen molar-refractivity contribution in [2.24, 2.45) is 0 Å². The van der Waals surface area contributed by atoms with Gasteiger partial charge in [0.2, 0.25) is 0 Å². The van der Waals surface area contributed by atoms with E-state index in [2.05, 4.69) is 45.0 Å². The number of ether oxygens (including phenoxy) is 2. The minimum absolute atomic E-state index is 0.642. The number of piperidine rings is 1. The van der Waals surface area contributed by atoms with E-state index in [9.17, 15) is 0 Å². The zero-order valence-corrected chi connectivity index (χ0v) is 18.2. The number of hydrogen-bond acceptors (Lipinski definition) is 5. The Balaban J connectivity index is 1.16. The number of likely N-dealkylation sites (tertiary alicyclic amines) is 1. The number of fused-ring (bicyclic) bond motifs is 1. The second-order valence-electron chi connectivity index (χ2n) is 8.51. The van der Waals surface area contributed by atoms with E-state index in [0.29, 0.717) is 19.3 Å². The van der Waals surface area contributed by atoms with Crippen molar-refractivity contribution in [1.82, 2.24) is 9.80 Å². The lowest BCUT2D eigenvalue weighted by Crippen LogP contribution is -2.55. The molecule has 3 aliphatic rings. The summed E-state index contributed by atoms with van der Waals surface area (Å²) in [6.07, 6.45) is 2.57. The maximum atomic E-state index is 6.18. The van der Waals surface area contributed by atoms with Gasteiger partial charge in [-0.15, -0.1) is 0 Å². The molecular weight excluding hydrogens is 398 g/mol. The lowest BCUT2D eigenvalue weighted by atomic mass is 10.0. The summed E-state index contributed by atoms with van der Waals surface area (Å²) in [4.78, 5) is 7.75. The second kappa shape index (κ2) is 9.04.